The summed E-state index contributed by atoms with van der Waals surface area (Å²) < 4.78 is 1.76. The van der Waals surface area contributed by atoms with Crippen molar-refractivity contribution in [1.29, 1.82) is 0 Å². The van der Waals surface area contributed by atoms with Crippen molar-refractivity contribution in [2.24, 2.45) is 11.8 Å². The van der Waals surface area contributed by atoms with Gasteiger partial charge in [0.1, 0.15) is 0 Å². The molecule has 0 spiro atoms. The number of aromatic nitrogens is 3. The predicted molar refractivity (Wildman–Crippen MR) is 113 cm³/mol. The van der Waals surface area contributed by atoms with Gasteiger partial charge in [-0.15, -0.1) is 17.5 Å². The third-order valence-electron chi connectivity index (χ3n) is 5.81. The molecule has 2 aliphatic heterocycles. The number of likely N-dealkylation sites (tertiary alicyclic amines) is 1. The van der Waals surface area contributed by atoms with Crippen molar-refractivity contribution < 1.29 is 4.79 Å². The maximum Gasteiger partial charge on any atom is 0.276 e. The standard InChI is InChI=1S/C20H26ClN5O.ClH/c1-2-4-18-19(23-24-26(18)17-6-3-5-16(21)11-17)20(27)25-9-7-14-12-22-13-15(14)8-10-25;/h3,5-6,11,14-15,22H,2,4,7-10,12-13H2,1H3;1H/t14-,15+;. The number of carbonyl (C=O) groups excluding carboxylic acids is 1. The minimum atomic E-state index is 0. The van der Waals surface area contributed by atoms with Gasteiger partial charge in [0.25, 0.3) is 5.91 Å². The van der Waals surface area contributed by atoms with E-state index >= 15 is 0 Å². The molecule has 0 bridgehead atoms. The Morgan fingerprint density at radius 1 is 1.25 bits per heavy atom. The highest BCUT2D eigenvalue weighted by Crippen LogP contribution is 2.28. The predicted octanol–water partition coefficient (Wildman–Crippen LogP) is 3.37. The maximum absolute atomic E-state index is 13.2. The van der Waals surface area contributed by atoms with E-state index in [1.807, 2.05) is 29.2 Å². The van der Waals surface area contributed by atoms with Gasteiger partial charge in [-0.1, -0.05) is 36.2 Å². The second-order valence-electron chi connectivity index (χ2n) is 7.57. The Bertz CT molecular complexity index is 811. The summed E-state index contributed by atoms with van der Waals surface area (Å²) in [7, 11) is 0. The van der Waals surface area contributed by atoms with E-state index in [0.29, 0.717) is 22.6 Å². The second-order valence-corrected chi connectivity index (χ2v) is 8.01. The lowest BCUT2D eigenvalue weighted by Gasteiger charge is -2.20. The fraction of sp³-hybridized carbons (Fsp3) is 0.550. The van der Waals surface area contributed by atoms with E-state index in [4.69, 9.17) is 11.6 Å². The topological polar surface area (TPSA) is 63.1 Å². The molecule has 2 saturated heterocycles. The maximum atomic E-state index is 13.2. The Balaban J connectivity index is 0.00000225. The van der Waals surface area contributed by atoms with Gasteiger partial charge in [-0.3, -0.25) is 4.79 Å². The van der Waals surface area contributed by atoms with Gasteiger partial charge in [0, 0.05) is 18.1 Å². The van der Waals surface area contributed by atoms with Gasteiger partial charge in [0.05, 0.1) is 11.4 Å². The lowest BCUT2D eigenvalue weighted by molar-refractivity contribution is 0.0751. The molecular formula is C20H27Cl2N5O. The highest BCUT2D eigenvalue weighted by atomic mass is 35.5. The zero-order chi connectivity index (χ0) is 18.8. The number of rotatable bonds is 4. The fourth-order valence-corrected chi connectivity index (χ4v) is 4.50. The van der Waals surface area contributed by atoms with Gasteiger partial charge in [-0.2, -0.15) is 0 Å². The second kappa shape index (κ2) is 9.25. The van der Waals surface area contributed by atoms with Gasteiger partial charge in [0.15, 0.2) is 5.69 Å². The molecule has 0 saturated carbocycles. The lowest BCUT2D eigenvalue weighted by atomic mass is 9.92. The summed E-state index contributed by atoms with van der Waals surface area (Å²) in [5.41, 5.74) is 2.20. The number of halogens is 2. The van der Waals surface area contributed by atoms with E-state index in [9.17, 15) is 4.79 Å². The summed E-state index contributed by atoms with van der Waals surface area (Å²) in [4.78, 5) is 15.2. The average Bonchev–Trinajstić information content (AvgIpc) is 3.24. The molecule has 152 valence electrons. The Morgan fingerprint density at radius 2 is 1.96 bits per heavy atom. The van der Waals surface area contributed by atoms with Gasteiger partial charge >= 0.3 is 0 Å². The van der Waals surface area contributed by atoms with Crippen molar-refractivity contribution in [3.63, 3.8) is 0 Å². The number of hydrogen-bond acceptors (Lipinski definition) is 4. The van der Waals surface area contributed by atoms with Gasteiger partial charge in [0.2, 0.25) is 0 Å². The summed E-state index contributed by atoms with van der Waals surface area (Å²) in [6, 6.07) is 7.51. The van der Waals surface area contributed by atoms with Gasteiger partial charge in [-0.05, 0) is 62.4 Å². The van der Waals surface area contributed by atoms with Crippen molar-refractivity contribution in [3.05, 3.63) is 40.7 Å². The van der Waals surface area contributed by atoms with Crippen LogP contribution in [0.3, 0.4) is 0 Å². The molecule has 28 heavy (non-hydrogen) atoms. The summed E-state index contributed by atoms with van der Waals surface area (Å²) in [5, 5.41) is 12.7. The SMILES string of the molecule is CCCc1c(C(=O)N2CC[C@@H]3CNC[C@@H]3CC2)nnn1-c1cccc(Cl)c1.Cl. The number of benzene rings is 1. The zero-order valence-electron chi connectivity index (χ0n) is 16.1. The highest BCUT2D eigenvalue weighted by molar-refractivity contribution is 6.30. The van der Waals surface area contributed by atoms with Crippen LogP contribution in [0.2, 0.25) is 5.02 Å². The molecule has 0 unspecified atom stereocenters. The molecule has 2 fully saturated rings. The van der Waals surface area contributed by atoms with E-state index in [1.54, 1.807) is 4.68 Å². The van der Waals surface area contributed by atoms with Crippen molar-refractivity contribution >= 4 is 29.9 Å². The summed E-state index contributed by atoms with van der Waals surface area (Å²) in [6.45, 7) is 5.87. The minimum absolute atomic E-state index is 0. The third kappa shape index (κ3) is 4.19. The molecule has 1 aromatic heterocycles. The van der Waals surface area contributed by atoms with Crippen LogP contribution >= 0.6 is 24.0 Å². The molecule has 2 aromatic rings. The Hall–Kier alpha value is -1.63. The van der Waals surface area contributed by atoms with Gasteiger partial charge < -0.3 is 10.2 Å². The Kier molecular flexibility index (Phi) is 6.96. The van der Waals surface area contributed by atoms with Crippen LogP contribution in [0.25, 0.3) is 5.69 Å². The van der Waals surface area contributed by atoms with Crippen molar-refractivity contribution in [1.82, 2.24) is 25.2 Å². The largest absolute Gasteiger partial charge is 0.337 e. The van der Waals surface area contributed by atoms with Crippen LogP contribution in [0.4, 0.5) is 0 Å². The van der Waals surface area contributed by atoms with Crippen molar-refractivity contribution in [2.45, 2.75) is 32.6 Å². The molecular weight excluding hydrogens is 397 g/mol. The number of amides is 1. The number of carbonyl (C=O) groups is 1. The first-order valence-corrected chi connectivity index (χ1v) is 10.3. The number of nitrogens with zero attached hydrogens (tertiary/aromatic N) is 4. The van der Waals surface area contributed by atoms with E-state index in [0.717, 1.165) is 63.2 Å². The molecule has 2 aliphatic rings. The Labute approximate surface area is 177 Å². The fourth-order valence-electron chi connectivity index (χ4n) is 4.32. The third-order valence-corrected chi connectivity index (χ3v) is 6.05. The molecule has 1 amide bonds. The lowest BCUT2D eigenvalue weighted by Crippen LogP contribution is -2.33. The quantitative estimate of drug-likeness (QED) is 0.818. The van der Waals surface area contributed by atoms with Crippen molar-refractivity contribution in [3.8, 4) is 5.69 Å². The molecule has 1 N–H and O–H groups in total. The summed E-state index contributed by atoms with van der Waals surface area (Å²) in [6.07, 6.45) is 3.80. The molecule has 3 heterocycles. The number of hydrogen-bond donors (Lipinski definition) is 1. The van der Waals surface area contributed by atoms with Crippen LogP contribution < -0.4 is 5.32 Å². The minimum Gasteiger partial charge on any atom is -0.337 e. The van der Waals surface area contributed by atoms with Crippen LogP contribution in [0.1, 0.15) is 42.4 Å². The average molecular weight is 424 g/mol. The van der Waals surface area contributed by atoms with E-state index < -0.39 is 0 Å². The smallest absolute Gasteiger partial charge is 0.276 e. The summed E-state index contributed by atoms with van der Waals surface area (Å²) >= 11 is 6.14. The van der Waals surface area contributed by atoms with Crippen LogP contribution in [0.5, 0.6) is 0 Å². The normalized spacial score (nSPS) is 21.7. The zero-order valence-corrected chi connectivity index (χ0v) is 17.7. The molecule has 8 heteroatoms. The van der Waals surface area contributed by atoms with Crippen molar-refractivity contribution in [2.75, 3.05) is 26.2 Å². The molecule has 4 rings (SSSR count). The number of nitrogens with one attached hydrogen (secondary N) is 1. The first-order chi connectivity index (χ1) is 13.2. The van der Waals surface area contributed by atoms with Gasteiger partial charge in [-0.25, -0.2) is 4.68 Å². The van der Waals surface area contributed by atoms with E-state index in [1.165, 1.54) is 0 Å². The van der Waals surface area contributed by atoms with E-state index in [-0.39, 0.29) is 18.3 Å². The summed E-state index contributed by atoms with van der Waals surface area (Å²) in [5.74, 6) is 1.40. The molecule has 2 atom stereocenters. The highest BCUT2D eigenvalue weighted by Gasteiger charge is 2.33. The van der Waals surface area contributed by atoms with Crippen LogP contribution in [-0.2, 0) is 6.42 Å². The molecule has 1 aromatic carbocycles. The first-order valence-electron chi connectivity index (χ1n) is 9.88. The Morgan fingerprint density at radius 3 is 2.61 bits per heavy atom. The molecule has 0 radical (unpaired) electrons. The first kappa shape index (κ1) is 21.1. The molecule has 6 nitrogen and oxygen atoms in total. The van der Waals surface area contributed by atoms with Crippen LogP contribution in [0, 0.1) is 11.8 Å². The monoisotopic (exact) mass is 423 g/mol. The molecule has 0 aliphatic carbocycles. The number of fused-ring (bicyclic) bond motifs is 1. The van der Waals surface area contributed by atoms with Crippen LogP contribution in [0.15, 0.2) is 24.3 Å². The van der Waals surface area contributed by atoms with E-state index in [2.05, 4.69) is 22.6 Å². The van der Waals surface area contributed by atoms with Crippen LogP contribution in [-0.4, -0.2) is 52.0 Å².